The Bertz CT molecular complexity index is 1230. The second kappa shape index (κ2) is 8.59. The molecule has 3 aromatic rings. The lowest BCUT2D eigenvalue weighted by Gasteiger charge is -2.25. The molecular weight excluding hydrogens is 429 g/mol. The van der Waals surface area contributed by atoms with Gasteiger partial charge in [0.05, 0.1) is 12.2 Å². The molecular formula is C25H22FNO4S. The van der Waals surface area contributed by atoms with Crippen molar-refractivity contribution in [3.05, 3.63) is 86.9 Å². The van der Waals surface area contributed by atoms with E-state index >= 15 is 0 Å². The molecule has 5 nitrogen and oxygen atoms in total. The third-order valence-corrected chi connectivity index (χ3v) is 6.52. The van der Waals surface area contributed by atoms with Crippen molar-refractivity contribution in [2.24, 2.45) is 0 Å². The summed E-state index contributed by atoms with van der Waals surface area (Å²) in [4.78, 5) is 28.3. The number of carbonyl (C=O) groups excluding carboxylic acids is 2. The first-order valence-electron chi connectivity index (χ1n) is 10.2. The lowest BCUT2D eigenvalue weighted by molar-refractivity contribution is -0.132. The fourth-order valence-electron chi connectivity index (χ4n) is 3.88. The molecule has 2 heterocycles. The highest BCUT2D eigenvalue weighted by Gasteiger charge is 2.47. The van der Waals surface area contributed by atoms with Gasteiger partial charge < -0.3 is 9.84 Å². The molecule has 2 aromatic carbocycles. The number of thiophene rings is 1. The summed E-state index contributed by atoms with van der Waals surface area (Å²) in [7, 11) is 0. The normalized spacial score (nSPS) is 17.8. The molecule has 0 aliphatic carbocycles. The number of aliphatic hydroxyl groups is 1. The minimum absolute atomic E-state index is 0.00781. The van der Waals surface area contributed by atoms with E-state index in [0.717, 1.165) is 16.0 Å². The summed E-state index contributed by atoms with van der Waals surface area (Å²) in [6, 6.07) is 11.6. The summed E-state index contributed by atoms with van der Waals surface area (Å²) >= 11 is 1.40. The van der Waals surface area contributed by atoms with E-state index in [1.54, 1.807) is 18.2 Å². The molecule has 1 N–H and O–H groups in total. The van der Waals surface area contributed by atoms with Gasteiger partial charge in [-0.3, -0.25) is 14.5 Å². The van der Waals surface area contributed by atoms with E-state index in [2.05, 4.69) is 0 Å². The van der Waals surface area contributed by atoms with E-state index in [1.165, 1.54) is 40.5 Å². The van der Waals surface area contributed by atoms with Gasteiger partial charge in [-0.25, -0.2) is 4.39 Å². The van der Waals surface area contributed by atoms with Crippen LogP contribution in [0.25, 0.3) is 5.76 Å². The van der Waals surface area contributed by atoms with Gasteiger partial charge in [-0.05, 0) is 85.8 Å². The molecule has 0 radical (unpaired) electrons. The number of amides is 1. The summed E-state index contributed by atoms with van der Waals surface area (Å²) in [6.45, 7) is 6.12. The van der Waals surface area contributed by atoms with Gasteiger partial charge >= 0.3 is 0 Å². The molecule has 1 aromatic heterocycles. The van der Waals surface area contributed by atoms with Crippen molar-refractivity contribution in [1.82, 2.24) is 0 Å². The Morgan fingerprint density at radius 2 is 1.81 bits per heavy atom. The summed E-state index contributed by atoms with van der Waals surface area (Å²) in [5.74, 6) is -1.56. The number of aliphatic hydroxyl groups excluding tert-OH is 1. The van der Waals surface area contributed by atoms with Crippen molar-refractivity contribution in [3.63, 3.8) is 0 Å². The Morgan fingerprint density at radius 1 is 1.09 bits per heavy atom. The van der Waals surface area contributed by atoms with Crippen LogP contribution >= 0.6 is 11.3 Å². The summed E-state index contributed by atoms with van der Waals surface area (Å²) in [5.41, 5.74) is 2.50. The third kappa shape index (κ3) is 3.69. The number of hydrogen-bond donors (Lipinski definition) is 1. The first-order chi connectivity index (χ1) is 15.3. The smallest absolute Gasteiger partial charge is 0.300 e. The maximum Gasteiger partial charge on any atom is 0.300 e. The number of halogens is 1. The van der Waals surface area contributed by atoms with Gasteiger partial charge in [0.1, 0.15) is 23.4 Å². The Morgan fingerprint density at radius 3 is 2.41 bits per heavy atom. The van der Waals surface area contributed by atoms with E-state index in [1.807, 2.05) is 32.2 Å². The second-order valence-corrected chi connectivity index (χ2v) is 8.47. The largest absolute Gasteiger partial charge is 0.507 e. The highest BCUT2D eigenvalue weighted by Crippen LogP contribution is 2.45. The van der Waals surface area contributed by atoms with E-state index in [-0.39, 0.29) is 11.3 Å². The molecule has 32 heavy (non-hydrogen) atoms. The van der Waals surface area contributed by atoms with E-state index < -0.39 is 23.5 Å². The SMILES string of the molecule is CCOc1ccc(/C(O)=C2/C(=O)C(=O)N(c3ccc(F)cc3)C2c2sccc2C)cc1C. The lowest BCUT2D eigenvalue weighted by Crippen LogP contribution is -2.29. The average molecular weight is 452 g/mol. The Labute approximate surface area is 189 Å². The minimum Gasteiger partial charge on any atom is -0.507 e. The van der Waals surface area contributed by atoms with Crippen molar-refractivity contribution in [2.75, 3.05) is 11.5 Å². The predicted molar refractivity (Wildman–Crippen MR) is 123 cm³/mol. The number of aryl methyl sites for hydroxylation is 2. The molecule has 0 bridgehead atoms. The van der Waals surface area contributed by atoms with Crippen LogP contribution in [0.15, 0.2) is 59.5 Å². The molecule has 1 fully saturated rings. The van der Waals surface area contributed by atoms with Gasteiger partial charge in [0.2, 0.25) is 0 Å². The van der Waals surface area contributed by atoms with Crippen molar-refractivity contribution < 1.29 is 23.8 Å². The van der Waals surface area contributed by atoms with Crippen LogP contribution in [0.5, 0.6) is 5.75 Å². The van der Waals surface area contributed by atoms with Gasteiger partial charge in [0, 0.05) is 16.1 Å². The van der Waals surface area contributed by atoms with Gasteiger partial charge in [-0.15, -0.1) is 11.3 Å². The van der Waals surface area contributed by atoms with Gasteiger partial charge in [0.25, 0.3) is 11.7 Å². The molecule has 1 amide bonds. The standard InChI is InChI=1S/C25H22FNO4S/c1-4-31-19-10-5-16(13-15(19)3)22(28)20-21(24-14(2)11-12-32-24)27(25(30)23(20)29)18-8-6-17(26)7-9-18/h5-13,21,28H,4H2,1-3H3/b22-20-. The molecule has 0 spiro atoms. The zero-order valence-electron chi connectivity index (χ0n) is 17.9. The molecule has 164 valence electrons. The first kappa shape index (κ1) is 21.8. The lowest BCUT2D eigenvalue weighted by atomic mass is 9.97. The number of ketones is 1. The van der Waals surface area contributed by atoms with Crippen molar-refractivity contribution in [1.29, 1.82) is 0 Å². The molecule has 1 aliphatic heterocycles. The third-order valence-electron chi connectivity index (χ3n) is 5.45. The average Bonchev–Trinajstić information content (AvgIpc) is 3.30. The monoisotopic (exact) mass is 451 g/mol. The molecule has 4 rings (SSSR count). The number of benzene rings is 2. The highest BCUT2D eigenvalue weighted by atomic mass is 32.1. The Balaban J connectivity index is 1.90. The number of anilines is 1. The first-order valence-corrected chi connectivity index (χ1v) is 11.1. The fraction of sp³-hybridized carbons (Fsp3) is 0.200. The number of Topliss-reactive ketones (excluding diaryl/α,β-unsaturated/α-hetero) is 1. The van der Waals surface area contributed by atoms with Crippen LogP contribution in [0.4, 0.5) is 10.1 Å². The fourth-order valence-corrected chi connectivity index (χ4v) is 4.91. The predicted octanol–water partition coefficient (Wildman–Crippen LogP) is 5.53. The van der Waals surface area contributed by atoms with Crippen LogP contribution in [0, 0.1) is 19.7 Å². The van der Waals surface area contributed by atoms with Crippen molar-refractivity contribution >= 4 is 34.5 Å². The van der Waals surface area contributed by atoms with E-state index in [9.17, 15) is 19.1 Å². The molecule has 1 saturated heterocycles. The number of hydrogen-bond acceptors (Lipinski definition) is 5. The maximum absolute atomic E-state index is 13.5. The van der Waals surface area contributed by atoms with Crippen molar-refractivity contribution in [2.45, 2.75) is 26.8 Å². The highest BCUT2D eigenvalue weighted by molar-refractivity contribution is 7.10. The summed E-state index contributed by atoms with van der Waals surface area (Å²) in [6.07, 6.45) is 0. The minimum atomic E-state index is -0.813. The van der Waals surface area contributed by atoms with Crippen LogP contribution in [-0.2, 0) is 9.59 Å². The second-order valence-electron chi connectivity index (χ2n) is 7.53. The van der Waals surface area contributed by atoms with Gasteiger partial charge in [-0.1, -0.05) is 0 Å². The molecule has 1 atom stereocenters. The molecule has 7 heteroatoms. The van der Waals surface area contributed by atoms with Crippen molar-refractivity contribution in [3.8, 4) is 5.75 Å². The van der Waals surface area contributed by atoms with Gasteiger partial charge in [0.15, 0.2) is 0 Å². The maximum atomic E-state index is 13.5. The van der Waals surface area contributed by atoms with Crippen LogP contribution in [0.1, 0.15) is 34.5 Å². The van der Waals surface area contributed by atoms with E-state index in [4.69, 9.17) is 4.74 Å². The molecule has 1 aliphatic rings. The molecule has 1 unspecified atom stereocenters. The Kier molecular flexibility index (Phi) is 5.84. The van der Waals surface area contributed by atoms with Crippen LogP contribution in [-0.4, -0.2) is 23.4 Å². The zero-order chi connectivity index (χ0) is 23.0. The van der Waals surface area contributed by atoms with E-state index in [0.29, 0.717) is 23.6 Å². The van der Waals surface area contributed by atoms with Crippen LogP contribution in [0.2, 0.25) is 0 Å². The summed E-state index contributed by atoms with van der Waals surface area (Å²) < 4.78 is 19.1. The number of nitrogens with zero attached hydrogens (tertiary/aromatic N) is 1. The molecule has 0 saturated carbocycles. The number of rotatable bonds is 5. The number of carbonyl (C=O) groups is 2. The topological polar surface area (TPSA) is 66.8 Å². The zero-order valence-corrected chi connectivity index (χ0v) is 18.7. The van der Waals surface area contributed by atoms with Gasteiger partial charge in [-0.2, -0.15) is 0 Å². The number of ether oxygens (including phenoxy) is 1. The van der Waals surface area contributed by atoms with Crippen LogP contribution < -0.4 is 9.64 Å². The Hall–Kier alpha value is -3.45. The summed E-state index contributed by atoms with van der Waals surface area (Å²) in [5, 5.41) is 13.1. The van der Waals surface area contributed by atoms with Crippen LogP contribution in [0.3, 0.4) is 0 Å². The quantitative estimate of drug-likeness (QED) is 0.315.